The SMILES string of the molecule is CCNCCNS(=O)(=O)c1ccc2oc(=O)ccc2c1. The van der Waals surface area contributed by atoms with Crippen molar-refractivity contribution in [3.8, 4) is 0 Å². The maximum absolute atomic E-state index is 12.1. The van der Waals surface area contributed by atoms with Crippen LogP contribution in [0.4, 0.5) is 0 Å². The number of hydrogen-bond donors (Lipinski definition) is 2. The molecule has 0 atom stereocenters. The van der Waals surface area contributed by atoms with Crippen LogP contribution in [0.3, 0.4) is 0 Å². The molecule has 0 aliphatic heterocycles. The zero-order valence-electron chi connectivity index (χ0n) is 11.0. The van der Waals surface area contributed by atoms with E-state index in [0.717, 1.165) is 6.54 Å². The lowest BCUT2D eigenvalue weighted by Crippen LogP contribution is -2.31. The fourth-order valence-corrected chi connectivity index (χ4v) is 2.82. The smallest absolute Gasteiger partial charge is 0.336 e. The van der Waals surface area contributed by atoms with Gasteiger partial charge in [0.05, 0.1) is 4.90 Å². The van der Waals surface area contributed by atoms with Crippen LogP contribution in [0.2, 0.25) is 0 Å². The van der Waals surface area contributed by atoms with E-state index >= 15 is 0 Å². The maximum Gasteiger partial charge on any atom is 0.336 e. The molecule has 0 unspecified atom stereocenters. The highest BCUT2D eigenvalue weighted by Crippen LogP contribution is 2.17. The van der Waals surface area contributed by atoms with Gasteiger partial charge >= 0.3 is 5.63 Å². The van der Waals surface area contributed by atoms with Crippen LogP contribution in [0.25, 0.3) is 11.0 Å². The van der Waals surface area contributed by atoms with Crippen LogP contribution in [0.15, 0.2) is 44.4 Å². The first-order valence-electron chi connectivity index (χ1n) is 6.27. The minimum Gasteiger partial charge on any atom is -0.423 e. The van der Waals surface area contributed by atoms with E-state index in [1.165, 1.54) is 24.3 Å². The fourth-order valence-electron chi connectivity index (χ4n) is 1.75. The molecule has 0 amide bonds. The van der Waals surface area contributed by atoms with Crippen LogP contribution in [-0.2, 0) is 10.0 Å². The second-order valence-electron chi connectivity index (χ2n) is 4.21. The number of benzene rings is 1. The molecule has 2 N–H and O–H groups in total. The zero-order valence-corrected chi connectivity index (χ0v) is 11.9. The third kappa shape index (κ3) is 3.44. The summed E-state index contributed by atoms with van der Waals surface area (Å²) in [5.41, 5.74) is -0.0963. The van der Waals surface area contributed by atoms with Crippen LogP contribution in [0.5, 0.6) is 0 Å². The highest BCUT2D eigenvalue weighted by molar-refractivity contribution is 7.89. The number of sulfonamides is 1. The summed E-state index contributed by atoms with van der Waals surface area (Å²) in [5, 5.41) is 3.60. The standard InChI is InChI=1S/C13H16N2O4S/c1-2-14-7-8-15-20(17,18)11-4-5-12-10(9-11)3-6-13(16)19-12/h3-6,9,14-15H,2,7-8H2,1H3. The van der Waals surface area contributed by atoms with Crippen LogP contribution in [-0.4, -0.2) is 28.1 Å². The number of likely N-dealkylation sites (N-methyl/N-ethyl adjacent to an activating group) is 1. The third-order valence-corrected chi connectivity index (χ3v) is 4.20. The van der Waals surface area contributed by atoms with Crippen molar-refractivity contribution in [1.82, 2.24) is 10.0 Å². The summed E-state index contributed by atoms with van der Waals surface area (Å²) in [5.74, 6) is 0. The van der Waals surface area contributed by atoms with E-state index in [1.807, 2.05) is 6.92 Å². The summed E-state index contributed by atoms with van der Waals surface area (Å²) in [4.78, 5) is 11.2. The minimum absolute atomic E-state index is 0.148. The average Bonchev–Trinajstić information content (AvgIpc) is 2.43. The van der Waals surface area contributed by atoms with Crippen molar-refractivity contribution < 1.29 is 12.8 Å². The highest BCUT2D eigenvalue weighted by atomic mass is 32.2. The highest BCUT2D eigenvalue weighted by Gasteiger charge is 2.14. The Bertz CT molecular complexity index is 752. The predicted molar refractivity (Wildman–Crippen MR) is 76.2 cm³/mol. The first kappa shape index (κ1) is 14.7. The Morgan fingerprint density at radius 3 is 2.70 bits per heavy atom. The molecule has 0 aliphatic rings. The Morgan fingerprint density at radius 2 is 1.95 bits per heavy atom. The molecule has 2 rings (SSSR count). The zero-order chi connectivity index (χ0) is 14.6. The van der Waals surface area contributed by atoms with E-state index in [0.29, 0.717) is 24.1 Å². The molecule has 0 fully saturated rings. The van der Waals surface area contributed by atoms with E-state index in [9.17, 15) is 13.2 Å². The van der Waals surface area contributed by atoms with E-state index in [-0.39, 0.29) is 4.90 Å². The molecular formula is C13H16N2O4S. The second-order valence-corrected chi connectivity index (χ2v) is 5.97. The van der Waals surface area contributed by atoms with Gasteiger partial charge in [0.2, 0.25) is 10.0 Å². The molecule has 0 saturated heterocycles. The van der Waals surface area contributed by atoms with E-state index in [4.69, 9.17) is 4.42 Å². The van der Waals surface area contributed by atoms with Crippen molar-refractivity contribution in [1.29, 1.82) is 0 Å². The first-order chi connectivity index (χ1) is 9.53. The maximum atomic E-state index is 12.1. The van der Waals surface area contributed by atoms with Gasteiger partial charge < -0.3 is 9.73 Å². The van der Waals surface area contributed by atoms with Crippen LogP contribution >= 0.6 is 0 Å². The van der Waals surface area contributed by atoms with Gasteiger partial charge in [0.15, 0.2) is 0 Å². The molecule has 2 aromatic rings. The summed E-state index contributed by atoms with van der Waals surface area (Å²) < 4.78 is 31.6. The minimum atomic E-state index is -3.55. The van der Waals surface area contributed by atoms with Crippen molar-refractivity contribution in [3.05, 3.63) is 40.8 Å². The van der Waals surface area contributed by atoms with Crippen LogP contribution in [0.1, 0.15) is 6.92 Å². The summed E-state index contributed by atoms with van der Waals surface area (Å²) in [6, 6.07) is 7.18. The van der Waals surface area contributed by atoms with Gasteiger partial charge in [-0.1, -0.05) is 6.92 Å². The van der Waals surface area contributed by atoms with Crippen molar-refractivity contribution in [2.24, 2.45) is 0 Å². The van der Waals surface area contributed by atoms with Crippen molar-refractivity contribution >= 4 is 21.0 Å². The Labute approximate surface area is 116 Å². The predicted octanol–water partition coefficient (Wildman–Crippen LogP) is 0.681. The van der Waals surface area contributed by atoms with Crippen LogP contribution in [0, 0.1) is 0 Å². The summed E-state index contributed by atoms with van der Waals surface area (Å²) in [7, 11) is -3.55. The molecule has 0 radical (unpaired) electrons. The molecule has 0 aliphatic carbocycles. The first-order valence-corrected chi connectivity index (χ1v) is 7.75. The van der Waals surface area contributed by atoms with Gasteiger partial charge in [-0.25, -0.2) is 17.9 Å². The Hall–Kier alpha value is -1.70. The summed E-state index contributed by atoms with van der Waals surface area (Å²) >= 11 is 0. The molecule has 1 heterocycles. The topological polar surface area (TPSA) is 88.4 Å². The lowest BCUT2D eigenvalue weighted by Gasteiger charge is -2.07. The van der Waals surface area contributed by atoms with Gasteiger partial charge in [0.1, 0.15) is 5.58 Å². The van der Waals surface area contributed by atoms with Gasteiger partial charge in [0.25, 0.3) is 0 Å². The molecular weight excluding hydrogens is 280 g/mol. The monoisotopic (exact) mass is 296 g/mol. The summed E-state index contributed by atoms with van der Waals surface area (Å²) in [6.45, 7) is 3.62. The summed E-state index contributed by atoms with van der Waals surface area (Å²) in [6.07, 6.45) is 0. The third-order valence-electron chi connectivity index (χ3n) is 2.74. The van der Waals surface area contributed by atoms with Gasteiger partial charge in [-0.15, -0.1) is 0 Å². The average molecular weight is 296 g/mol. The van der Waals surface area contributed by atoms with Gasteiger partial charge in [0, 0.05) is 24.5 Å². The lowest BCUT2D eigenvalue weighted by molar-refractivity contribution is 0.560. The molecule has 20 heavy (non-hydrogen) atoms. The second kappa shape index (κ2) is 6.17. The molecule has 0 bridgehead atoms. The van der Waals surface area contributed by atoms with Crippen molar-refractivity contribution in [2.75, 3.05) is 19.6 Å². The largest absolute Gasteiger partial charge is 0.423 e. The number of fused-ring (bicyclic) bond motifs is 1. The molecule has 6 nitrogen and oxygen atoms in total. The molecule has 1 aromatic heterocycles. The molecule has 0 spiro atoms. The fraction of sp³-hybridized carbons (Fsp3) is 0.308. The van der Waals surface area contributed by atoms with Crippen molar-refractivity contribution in [3.63, 3.8) is 0 Å². The number of nitrogens with one attached hydrogen (secondary N) is 2. The Balaban J connectivity index is 2.23. The normalized spacial score (nSPS) is 11.8. The quantitative estimate of drug-likeness (QED) is 0.604. The van der Waals surface area contributed by atoms with Crippen molar-refractivity contribution in [2.45, 2.75) is 11.8 Å². The molecule has 7 heteroatoms. The van der Waals surface area contributed by atoms with E-state index < -0.39 is 15.6 Å². The Kier molecular flexibility index (Phi) is 4.53. The van der Waals surface area contributed by atoms with Crippen LogP contribution < -0.4 is 15.7 Å². The lowest BCUT2D eigenvalue weighted by atomic mass is 10.2. The molecule has 0 saturated carbocycles. The van der Waals surface area contributed by atoms with E-state index in [2.05, 4.69) is 10.0 Å². The van der Waals surface area contributed by atoms with Gasteiger partial charge in [-0.05, 0) is 30.8 Å². The van der Waals surface area contributed by atoms with Gasteiger partial charge in [-0.3, -0.25) is 0 Å². The van der Waals surface area contributed by atoms with E-state index in [1.54, 1.807) is 6.07 Å². The number of hydrogen-bond acceptors (Lipinski definition) is 5. The molecule has 108 valence electrons. The van der Waals surface area contributed by atoms with Gasteiger partial charge in [-0.2, -0.15) is 0 Å². The Morgan fingerprint density at radius 1 is 1.15 bits per heavy atom. The number of rotatable bonds is 6. The molecule has 1 aromatic carbocycles.